The first-order chi connectivity index (χ1) is 12.8. The molecule has 0 fully saturated rings. The smallest absolute Gasteiger partial charge is 0.416 e. The summed E-state index contributed by atoms with van der Waals surface area (Å²) in [5.41, 5.74) is 1.71. The molecular weight excluding hydrogens is 377 g/mol. The summed E-state index contributed by atoms with van der Waals surface area (Å²) in [7, 11) is 0. The number of aromatic nitrogens is 2. The molecule has 0 radical (unpaired) electrons. The number of para-hydroxylation sites is 1. The molecule has 0 bridgehead atoms. The van der Waals surface area contributed by atoms with Crippen molar-refractivity contribution in [2.24, 2.45) is 0 Å². The molecule has 0 saturated carbocycles. The molecule has 0 unspecified atom stereocenters. The van der Waals surface area contributed by atoms with Gasteiger partial charge in [-0.2, -0.15) is 13.2 Å². The first-order valence-electron chi connectivity index (χ1n) is 8.03. The molecule has 0 aliphatic carbocycles. The minimum absolute atomic E-state index is 0.247. The van der Waals surface area contributed by atoms with Crippen molar-refractivity contribution in [3.05, 3.63) is 53.6 Å². The van der Waals surface area contributed by atoms with Gasteiger partial charge in [-0.1, -0.05) is 18.2 Å². The Kier molecular flexibility index (Phi) is 3.96. The van der Waals surface area contributed by atoms with Crippen LogP contribution in [0.5, 0.6) is 0 Å². The summed E-state index contributed by atoms with van der Waals surface area (Å²) in [4.78, 5) is 15.8. The molecule has 8 heteroatoms. The van der Waals surface area contributed by atoms with Gasteiger partial charge >= 0.3 is 12.1 Å². The first-order valence-corrected chi connectivity index (χ1v) is 8.85. The summed E-state index contributed by atoms with van der Waals surface area (Å²) >= 11 is 1.25. The topological polar surface area (TPSA) is 55.1 Å². The third-order valence-electron chi connectivity index (χ3n) is 4.43. The SMILES string of the molecule is Cc1c(-c2nc3cc(C(F)(F)F)ccc3s2)n(CC(=O)O)c2ccccc12. The van der Waals surface area contributed by atoms with Crippen LogP contribution in [0, 0.1) is 6.92 Å². The van der Waals surface area contributed by atoms with Gasteiger partial charge in [-0.3, -0.25) is 4.79 Å². The van der Waals surface area contributed by atoms with E-state index in [1.54, 1.807) is 4.57 Å². The van der Waals surface area contributed by atoms with Crippen molar-refractivity contribution in [2.75, 3.05) is 0 Å². The molecule has 4 aromatic rings. The number of carbonyl (C=O) groups is 1. The lowest BCUT2D eigenvalue weighted by Crippen LogP contribution is -2.09. The number of hydrogen-bond acceptors (Lipinski definition) is 3. The number of hydrogen-bond donors (Lipinski definition) is 1. The quantitative estimate of drug-likeness (QED) is 0.514. The fraction of sp³-hybridized carbons (Fsp3) is 0.158. The van der Waals surface area contributed by atoms with Crippen molar-refractivity contribution >= 4 is 38.4 Å². The molecule has 27 heavy (non-hydrogen) atoms. The summed E-state index contributed by atoms with van der Waals surface area (Å²) in [6, 6.07) is 10.8. The molecule has 0 spiro atoms. The number of aryl methyl sites for hydroxylation is 1. The number of alkyl halides is 3. The third-order valence-corrected chi connectivity index (χ3v) is 5.48. The van der Waals surface area contributed by atoms with Gasteiger partial charge in [-0.05, 0) is 36.8 Å². The highest BCUT2D eigenvalue weighted by Crippen LogP contribution is 2.39. The van der Waals surface area contributed by atoms with E-state index in [4.69, 9.17) is 0 Å². The van der Waals surface area contributed by atoms with Crippen molar-refractivity contribution in [3.63, 3.8) is 0 Å². The fourth-order valence-electron chi connectivity index (χ4n) is 3.26. The van der Waals surface area contributed by atoms with E-state index in [1.165, 1.54) is 17.4 Å². The van der Waals surface area contributed by atoms with Gasteiger partial charge in [0.1, 0.15) is 11.6 Å². The maximum Gasteiger partial charge on any atom is 0.416 e. The number of thiazole rings is 1. The summed E-state index contributed by atoms with van der Waals surface area (Å²) in [5, 5.41) is 10.7. The highest BCUT2D eigenvalue weighted by Gasteiger charge is 2.31. The van der Waals surface area contributed by atoms with Crippen LogP contribution in [0.15, 0.2) is 42.5 Å². The fourth-order valence-corrected chi connectivity index (χ4v) is 4.31. The van der Waals surface area contributed by atoms with Crippen molar-refractivity contribution in [1.29, 1.82) is 0 Å². The van der Waals surface area contributed by atoms with Crippen LogP contribution in [0.25, 0.3) is 31.8 Å². The lowest BCUT2D eigenvalue weighted by Gasteiger charge is -2.06. The van der Waals surface area contributed by atoms with Gasteiger partial charge in [0.05, 0.1) is 21.5 Å². The van der Waals surface area contributed by atoms with Crippen LogP contribution >= 0.6 is 11.3 Å². The molecule has 4 rings (SSSR count). The van der Waals surface area contributed by atoms with Crippen LogP contribution in [-0.4, -0.2) is 20.6 Å². The Hall–Kier alpha value is -2.87. The van der Waals surface area contributed by atoms with E-state index in [0.29, 0.717) is 15.4 Å². The summed E-state index contributed by atoms with van der Waals surface area (Å²) in [6.45, 7) is 1.61. The average molecular weight is 390 g/mol. The Bertz CT molecular complexity index is 1190. The van der Waals surface area contributed by atoms with Crippen LogP contribution in [0.4, 0.5) is 13.2 Å². The normalized spacial score (nSPS) is 12.1. The minimum atomic E-state index is -4.44. The standard InChI is InChI=1S/C19H13F3N2O2S/c1-10-12-4-2-3-5-14(12)24(9-16(25)26)17(10)18-23-13-8-11(19(20,21)22)6-7-15(13)27-18/h2-8H,9H2,1H3,(H,25,26). The zero-order chi connectivity index (χ0) is 19.3. The predicted octanol–water partition coefficient (Wildman–Crippen LogP) is 5.33. The van der Waals surface area contributed by atoms with Gasteiger partial charge in [-0.15, -0.1) is 11.3 Å². The first kappa shape index (κ1) is 17.5. The molecule has 1 N–H and O–H groups in total. The summed E-state index contributed by atoms with van der Waals surface area (Å²) in [6.07, 6.45) is -4.44. The maximum atomic E-state index is 13.0. The van der Waals surface area contributed by atoms with Gasteiger partial charge in [0.15, 0.2) is 0 Å². The number of carboxylic acids is 1. The Morgan fingerprint density at radius 1 is 1.22 bits per heavy atom. The second-order valence-electron chi connectivity index (χ2n) is 6.17. The Morgan fingerprint density at radius 3 is 2.67 bits per heavy atom. The monoisotopic (exact) mass is 390 g/mol. The molecule has 0 aliphatic rings. The van der Waals surface area contributed by atoms with Crippen molar-refractivity contribution in [2.45, 2.75) is 19.6 Å². The van der Waals surface area contributed by atoms with Crippen LogP contribution in [0.2, 0.25) is 0 Å². The maximum absolute atomic E-state index is 13.0. The van der Waals surface area contributed by atoms with Gasteiger partial charge in [0.2, 0.25) is 0 Å². The third kappa shape index (κ3) is 2.95. The number of nitrogens with zero attached hydrogens (tertiary/aromatic N) is 2. The molecule has 138 valence electrons. The lowest BCUT2D eigenvalue weighted by atomic mass is 10.1. The highest BCUT2D eigenvalue weighted by molar-refractivity contribution is 7.21. The molecule has 0 atom stereocenters. The largest absolute Gasteiger partial charge is 0.480 e. The van der Waals surface area contributed by atoms with Gasteiger partial charge in [0, 0.05) is 10.9 Å². The minimum Gasteiger partial charge on any atom is -0.480 e. The van der Waals surface area contributed by atoms with E-state index < -0.39 is 17.7 Å². The number of aliphatic carboxylic acids is 1. The van der Waals surface area contributed by atoms with Crippen molar-refractivity contribution in [3.8, 4) is 10.7 Å². The molecule has 2 heterocycles. The lowest BCUT2D eigenvalue weighted by molar-refractivity contribution is -0.138. The van der Waals surface area contributed by atoms with Crippen molar-refractivity contribution in [1.82, 2.24) is 9.55 Å². The highest BCUT2D eigenvalue weighted by atomic mass is 32.1. The van der Waals surface area contributed by atoms with E-state index in [1.807, 2.05) is 31.2 Å². The van der Waals surface area contributed by atoms with E-state index in [-0.39, 0.29) is 12.1 Å². The zero-order valence-corrected chi connectivity index (χ0v) is 14.9. The van der Waals surface area contributed by atoms with Crippen LogP contribution in [0.3, 0.4) is 0 Å². The van der Waals surface area contributed by atoms with E-state index in [2.05, 4.69) is 4.98 Å². The van der Waals surface area contributed by atoms with Gasteiger partial charge in [-0.25, -0.2) is 4.98 Å². The number of rotatable bonds is 3. The summed E-state index contributed by atoms with van der Waals surface area (Å²) < 4.78 is 41.2. The molecule has 0 amide bonds. The van der Waals surface area contributed by atoms with Gasteiger partial charge in [0.25, 0.3) is 0 Å². The predicted molar refractivity (Wildman–Crippen MR) is 97.9 cm³/mol. The molecule has 2 aromatic carbocycles. The summed E-state index contributed by atoms with van der Waals surface area (Å²) in [5.74, 6) is -1.00. The van der Waals surface area contributed by atoms with Crippen molar-refractivity contribution < 1.29 is 23.1 Å². The molecule has 0 aliphatic heterocycles. The van der Waals surface area contributed by atoms with Crippen LogP contribution in [-0.2, 0) is 17.5 Å². The Morgan fingerprint density at radius 2 is 1.96 bits per heavy atom. The second-order valence-corrected chi connectivity index (χ2v) is 7.20. The Labute approximate surface area is 155 Å². The van der Waals surface area contributed by atoms with E-state index >= 15 is 0 Å². The van der Waals surface area contributed by atoms with E-state index in [9.17, 15) is 23.1 Å². The van der Waals surface area contributed by atoms with Crippen LogP contribution in [0.1, 0.15) is 11.1 Å². The molecule has 4 nitrogen and oxygen atoms in total. The molecule has 0 saturated heterocycles. The van der Waals surface area contributed by atoms with Crippen LogP contribution < -0.4 is 0 Å². The number of carboxylic acid groups (broad SMARTS) is 1. The zero-order valence-electron chi connectivity index (χ0n) is 14.0. The molecular formula is C19H13F3N2O2S. The second kappa shape index (κ2) is 6.09. The number of fused-ring (bicyclic) bond motifs is 2. The molecule has 2 aromatic heterocycles. The Balaban J connectivity index is 1.96. The van der Waals surface area contributed by atoms with Gasteiger partial charge < -0.3 is 9.67 Å². The average Bonchev–Trinajstić information content (AvgIpc) is 3.13. The number of benzene rings is 2. The number of halogens is 3. The van der Waals surface area contributed by atoms with E-state index in [0.717, 1.165) is 28.6 Å².